The topological polar surface area (TPSA) is 79.5 Å². The van der Waals surface area contributed by atoms with Gasteiger partial charge < -0.3 is 9.52 Å². The molecule has 0 aliphatic carbocycles. The molecule has 0 aliphatic heterocycles. The van der Waals surface area contributed by atoms with E-state index >= 15 is 0 Å². The first-order chi connectivity index (χ1) is 11.5. The van der Waals surface area contributed by atoms with Gasteiger partial charge in [0.25, 0.3) is 0 Å². The number of thiophene rings is 2. The van der Waals surface area contributed by atoms with E-state index in [0.29, 0.717) is 11.5 Å². The van der Waals surface area contributed by atoms with Gasteiger partial charge in [-0.1, -0.05) is 13.0 Å². The monoisotopic (exact) mass is 383 g/mol. The Morgan fingerprint density at radius 2 is 2.08 bits per heavy atom. The van der Waals surface area contributed by atoms with Crippen LogP contribution in [0.5, 0.6) is 0 Å². The third-order valence-electron chi connectivity index (χ3n) is 3.44. The van der Waals surface area contributed by atoms with Crippen LogP contribution in [-0.2, 0) is 16.4 Å². The minimum absolute atomic E-state index is 0.140. The lowest BCUT2D eigenvalue weighted by Gasteiger charge is -2.09. The minimum Gasteiger partial charge on any atom is -0.457 e. The fourth-order valence-corrected chi connectivity index (χ4v) is 5.20. The molecule has 3 aromatic rings. The Labute approximate surface area is 148 Å². The molecule has 24 heavy (non-hydrogen) atoms. The van der Waals surface area contributed by atoms with Gasteiger partial charge in [-0.15, -0.1) is 22.7 Å². The molecule has 0 fully saturated rings. The van der Waals surface area contributed by atoms with Crippen LogP contribution in [0.3, 0.4) is 0 Å². The van der Waals surface area contributed by atoms with Gasteiger partial charge in [0.2, 0.25) is 10.0 Å². The quantitative estimate of drug-likeness (QED) is 0.653. The van der Waals surface area contributed by atoms with E-state index in [-0.39, 0.29) is 10.8 Å². The second-order valence-corrected chi connectivity index (χ2v) is 9.23. The summed E-state index contributed by atoms with van der Waals surface area (Å²) in [6.45, 7) is 1.83. The van der Waals surface area contributed by atoms with Gasteiger partial charge in [0.1, 0.15) is 21.8 Å². The minimum atomic E-state index is -3.62. The van der Waals surface area contributed by atoms with E-state index in [0.717, 1.165) is 16.2 Å². The van der Waals surface area contributed by atoms with Crippen LogP contribution in [0.1, 0.15) is 23.7 Å². The smallest absolute Gasteiger partial charge is 0.250 e. The summed E-state index contributed by atoms with van der Waals surface area (Å²) in [5.41, 5.74) is 0. The van der Waals surface area contributed by atoms with E-state index in [9.17, 15) is 13.5 Å². The summed E-state index contributed by atoms with van der Waals surface area (Å²) < 4.78 is 32.8. The van der Waals surface area contributed by atoms with Gasteiger partial charge in [0, 0.05) is 11.4 Å². The largest absolute Gasteiger partial charge is 0.457 e. The van der Waals surface area contributed by atoms with Crippen LogP contribution in [0.25, 0.3) is 10.6 Å². The predicted octanol–water partition coefficient (Wildman–Crippen LogP) is 3.64. The van der Waals surface area contributed by atoms with Gasteiger partial charge >= 0.3 is 0 Å². The van der Waals surface area contributed by atoms with Crippen molar-refractivity contribution in [3.05, 3.63) is 52.4 Å². The van der Waals surface area contributed by atoms with E-state index in [1.807, 2.05) is 24.4 Å². The van der Waals surface area contributed by atoms with Gasteiger partial charge in [0.05, 0.1) is 4.88 Å². The van der Waals surface area contributed by atoms with Crippen molar-refractivity contribution in [2.45, 2.75) is 23.7 Å². The summed E-state index contributed by atoms with van der Waals surface area (Å²) in [6.07, 6.45) is -0.250. The summed E-state index contributed by atoms with van der Waals surface area (Å²) in [6, 6.07) is 10.7. The first-order valence-corrected chi connectivity index (χ1v) is 10.6. The van der Waals surface area contributed by atoms with Crippen molar-refractivity contribution in [3.63, 3.8) is 0 Å². The molecule has 2 N–H and O–H groups in total. The van der Waals surface area contributed by atoms with Crippen LogP contribution in [0, 0.1) is 0 Å². The molecule has 128 valence electrons. The average Bonchev–Trinajstić information content (AvgIpc) is 3.33. The maximum atomic E-state index is 12.2. The molecule has 0 bridgehead atoms. The maximum Gasteiger partial charge on any atom is 0.250 e. The molecule has 0 aromatic carbocycles. The van der Waals surface area contributed by atoms with Crippen molar-refractivity contribution >= 4 is 32.7 Å². The molecule has 0 saturated carbocycles. The Morgan fingerprint density at radius 1 is 1.25 bits per heavy atom. The van der Waals surface area contributed by atoms with Gasteiger partial charge in [-0.05, 0) is 42.1 Å². The highest BCUT2D eigenvalue weighted by molar-refractivity contribution is 7.91. The van der Waals surface area contributed by atoms with Crippen molar-refractivity contribution in [2.24, 2.45) is 0 Å². The number of sulfonamides is 1. The molecule has 1 unspecified atom stereocenters. The van der Waals surface area contributed by atoms with Crippen LogP contribution in [0.15, 0.2) is 50.4 Å². The number of rotatable bonds is 7. The Hall–Kier alpha value is -1.45. The van der Waals surface area contributed by atoms with E-state index in [4.69, 9.17) is 4.42 Å². The number of hydrogen-bond donors (Lipinski definition) is 2. The third kappa shape index (κ3) is 3.79. The Bertz CT molecular complexity index is 894. The first-order valence-electron chi connectivity index (χ1n) is 7.39. The normalized spacial score (nSPS) is 13.2. The summed E-state index contributed by atoms with van der Waals surface area (Å²) in [4.78, 5) is 1.96. The van der Waals surface area contributed by atoms with Crippen molar-refractivity contribution < 1.29 is 17.9 Å². The molecule has 3 rings (SSSR count). The Kier molecular flexibility index (Phi) is 5.21. The van der Waals surface area contributed by atoms with Gasteiger partial charge in [0.15, 0.2) is 0 Å². The highest BCUT2D eigenvalue weighted by Crippen LogP contribution is 2.29. The highest BCUT2D eigenvalue weighted by Gasteiger charge is 2.20. The first kappa shape index (κ1) is 17.4. The lowest BCUT2D eigenvalue weighted by atomic mass is 10.3. The summed E-state index contributed by atoms with van der Waals surface area (Å²) in [5, 5.41) is 12.1. The fourth-order valence-electron chi connectivity index (χ4n) is 2.14. The molecular weight excluding hydrogens is 366 g/mol. The van der Waals surface area contributed by atoms with E-state index in [1.165, 1.54) is 22.7 Å². The lowest BCUT2D eigenvalue weighted by Crippen LogP contribution is -2.27. The molecule has 0 amide bonds. The van der Waals surface area contributed by atoms with Crippen LogP contribution < -0.4 is 4.72 Å². The summed E-state index contributed by atoms with van der Waals surface area (Å²) in [5.74, 6) is 0.995. The number of hydrogen-bond acceptors (Lipinski definition) is 6. The van der Waals surface area contributed by atoms with E-state index < -0.39 is 16.1 Å². The fraction of sp³-hybridized carbons (Fsp3) is 0.250. The SMILES string of the molecule is CCc1ccc(S(=O)(=O)NCC(O)c2ccc(-c3cccs3)o2)s1. The van der Waals surface area contributed by atoms with Crippen molar-refractivity contribution in [3.8, 4) is 10.6 Å². The molecule has 0 saturated heterocycles. The number of aliphatic hydroxyl groups excluding tert-OH is 1. The molecule has 0 aliphatic rings. The molecule has 3 heterocycles. The van der Waals surface area contributed by atoms with Crippen LogP contribution in [0.2, 0.25) is 0 Å². The number of aliphatic hydroxyl groups is 1. The average molecular weight is 384 g/mol. The molecular formula is C16H17NO4S3. The molecule has 3 aromatic heterocycles. The van der Waals surface area contributed by atoms with Gasteiger partial charge in [-0.25, -0.2) is 13.1 Å². The lowest BCUT2D eigenvalue weighted by molar-refractivity contribution is 0.155. The molecule has 5 nitrogen and oxygen atoms in total. The van der Waals surface area contributed by atoms with E-state index in [1.54, 1.807) is 24.3 Å². The Morgan fingerprint density at radius 3 is 2.75 bits per heavy atom. The zero-order valence-electron chi connectivity index (χ0n) is 12.9. The summed E-state index contributed by atoms with van der Waals surface area (Å²) in [7, 11) is -3.62. The molecule has 0 radical (unpaired) electrons. The second-order valence-electron chi connectivity index (χ2n) is 5.12. The molecule has 1 atom stereocenters. The maximum absolute atomic E-state index is 12.2. The van der Waals surface area contributed by atoms with Crippen molar-refractivity contribution in [1.29, 1.82) is 0 Å². The summed E-state index contributed by atoms with van der Waals surface area (Å²) >= 11 is 2.77. The highest BCUT2D eigenvalue weighted by atomic mass is 32.2. The molecule has 8 heteroatoms. The number of aryl methyl sites for hydroxylation is 1. The second kappa shape index (κ2) is 7.20. The van der Waals surface area contributed by atoms with E-state index in [2.05, 4.69) is 4.72 Å². The zero-order valence-corrected chi connectivity index (χ0v) is 15.4. The molecule has 0 spiro atoms. The van der Waals surface area contributed by atoms with Crippen LogP contribution >= 0.6 is 22.7 Å². The van der Waals surface area contributed by atoms with Gasteiger partial charge in [-0.2, -0.15) is 0 Å². The predicted molar refractivity (Wildman–Crippen MR) is 95.9 cm³/mol. The van der Waals surface area contributed by atoms with Crippen LogP contribution in [0.4, 0.5) is 0 Å². The number of furan rings is 1. The van der Waals surface area contributed by atoms with Crippen LogP contribution in [-0.4, -0.2) is 20.1 Å². The number of nitrogens with one attached hydrogen (secondary N) is 1. The van der Waals surface area contributed by atoms with Crippen molar-refractivity contribution in [2.75, 3.05) is 6.54 Å². The third-order valence-corrected chi connectivity index (χ3v) is 7.47. The van der Waals surface area contributed by atoms with Gasteiger partial charge in [-0.3, -0.25) is 0 Å². The van der Waals surface area contributed by atoms with Crippen molar-refractivity contribution in [1.82, 2.24) is 4.72 Å². The Balaban J connectivity index is 1.65. The standard InChI is InChI=1S/C16H17NO4S3/c1-2-11-5-8-16(23-11)24(19,20)17-10-12(18)13-6-7-14(21-13)15-4-3-9-22-15/h3-9,12,17-18H,2,10H2,1H3. The zero-order chi connectivity index (χ0) is 17.2.